The van der Waals surface area contributed by atoms with Gasteiger partial charge in [0.1, 0.15) is 23.9 Å². The zero-order chi connectivity index (χ0) is 12.6. The number of hydrogen-bond acceptors (Lipinski definition) is 3. The molecule has 0 atom stereocenters. The largest absolute Gasteiger partial charge is 0.491 e. The van der Waals surface area contributed by atoms with Crippen LogP contribution in [0.5, 0.6) is 5.75 Å². The van der Waals surface area contributed by atoms with Crippen molar-refractivity contribution in [3.05, 3.63) is 24.3 Å². The Morgan fingerprint density at radius 2 is 1.83 bits per heavy atom. The van der Waals surface area contributed by atoms with Gasteiger partial charge in [-0.15, -0.1) is 0 Å². The summed E-state index contributed by atoms with van der Waals surface area (Å²) in [6.45, 7) is 4.05. The van der Waals surface area contributed by atoms with E-state index in [1.807, 2.05) is 6.92 Å². The van der Waals surface area contributed by atoms with Crippen LogP contribution >= 0.6 is 11.8 Å². The normalized spacial score (nSPS) is 16.7. The summed E-state index contributed by atoms with van der Waals surface area (Å²) in [7, 11) is 0.474. The number of benzene rings is 1. The first-order valence-electron chi connectivity index (χ1n) is 6.46. The average Bonchev–Trinajstić information content (AvgIpc) is 2.45. The molecule has 0 aliphatic carbocycles. The van der Waals surface area contributed by atoms with Gasteiger partial charge in [0.05, 0.1) is 6.61 Å². The molecule has 100 valence electrons. The number of rotatable bonds is 6. The lowest BCUT2D eigenvalue weighted by Gasteiger charge is -2.13. The molecule has 1 aliphatic rings. The van der Waals surface area contributed by atoms with Gasteiger partial charge in [-0.2, -0.15) is 11.8 Å². The number of hydrogen-bond donors (Lipinski definition) is 0. The van der Waals surface area contributed by atoms with E-state index in [9.17, 15) is 0 Å². The third-order valence-electron chi connectivity index (χ3n) is 2.81. The topological polar surface area (TPSA) is 18.5 Å². The third kappa shape index (κ3) is 4.41. The van der Waals surface area contributed by atoms with E-state index in [4.69, 9.17) is 9.47 Å². The summed E-state index contributed by atoms with van der Waals surface area (Å²) in [5.74, 6) is 6.27. The summed E-state index contributed by atoms with van der Waals surface area (Å²) in [4.78, 5) is 1.49. The Labute approximate surface area is 117 Å². The Kier molecular flexibility index (Phi) is 6.24. The van der Waals surface area contributed by atoms with Crippen LogP contribution in [0, 0.1) is 0 Å². The van der Waals surface area contributed by atoms with Gasteiger partial charge in [0.2, 0.25) is 0 Å². The molecule has 0 amide bonds. The van der Waals surface area contributed by atoms with Crippen molar-refractivity contribution in [1.29, 1.82) is 0 Å². The van der Waals surface area contributed by atoms with Gasteiger partial charge >= 0.3 is 0 Å². The molecule has 2 rings (SSSR count). The van der Waals surface area contributed by atoms with E-state index in [1.54, 1.807) is 0 Å². The molecule has 1 saturated heterocycles. The summed E-state index contributed by atoms with van der Waals surface area (Å²) in [5.41, 5.74) is 0. The van der Waals surface area contributed by atoms with Gasteiger partial charge in [-0.05, 0) is 31.2 Å². The van der Waals surface area contributed by atoms with Crippen LogP contribution < -0.4 is 4.74 Å². The van der Waals surface area contributed by atoms with Crippen LogP contribution in [0.2, 0.25) is 0 Å². The third-order valence-corrected chi connectivity index (χ3v) is 6.64. The molecule has 1 aliphatic heterocycles. The van der Waals surface area contributed by atoms with Crippen molar-refractivity contribution in [2.45, 2.75) is 11.8 Å². The van der Waals surface area contributed by atoms with Crippen molar-refractivity contribution < 1.29 is 9.47 Å². The van der Waals surface area contributed by atoms with Crippen molar-refractivity contribution >= 4 is 22.7 Å². The molecular formula is C14H21O2S2+. The first-order chi connectivity index (χ1) is 8.90. The molecule has 18 heavy (non-hydrogen) atoms. The van der Waals surface area contributed by atoms with Crippen LogP contribution in [-0.4, -0.2) is 42.8 Å². The van der Waals surface area contributed by atoms with Crippen LogP contribution in [0.15, 0.2) is 29.2 Å². The first-order valence-corrected chi connectivity index (χ1v) is 9.18. The maximum absolute atomic E-state index is 5.62. The smallest absolute Gasteiger partial charge is 0.155 e. The van der Waals surface area contributed by atoms with Crippen molar-refractivity contribution in [1.82, 2.24) is 0 Å². The van der Waals surface area contributed by atoms with E-state index in [0.717, 1.165) is 12.4 Å². The fourth-order valence-corrected chi connectivity index (χ4v) is 5.80. The molecule has 1 heterocycles. The standard InChI is InChI=1S/C14H21O2S2/c1-2-15-7-8-16-13-3-5-14(6-4-13)18-11-9-17-10-12-18/h3-6H,2,7-12H2,1H3/q+1. The zero-order valence-corrected chi connectivity index (χ0v) is 12.5. The van der Waals surface area contributed by atoms with Gasteiger partial charge in [0.15, 0.2) is 4.90 Å². The highest BCUT2D eigenvalue weighted by Crippen LogP contribution is 2.23. The molecule has 0 unspecified atom stereocenters. The minimum absolute atomic E-state index is 0.474. The molecule has 0 spiro atoms. The van der Waals surface area contributed by atoms with Gasteiger partial charge in [-0.1, -0.05) is 0 Å². The molecule has 4 heteroatoms. The van der Waals surface area contributed by atoms with Crippen molar-refractivity contribution in [2.24, 2.45) is 0 Å². The second-order valence-electron chi connectivity index (χ2n) is 4.03. The fourth-order valence-electron chi connectivity index (χ4n) is 1.85. The Hall–Kier alpha value is -0.320. The van der Waals surface area contributed by atoms with Crippen molar-refractivity contribution in [3.63, 3.8) is 0 Å². The van der Waals surface area contributed by atoms with Crippen molar-refractivity contribution in [3.8, 4) is 5.75 Å². The number of ether oxygens (including phenoxy) is 2. The van der Waals surface area contributed by atoms with Crippen LogP contribution in [0.25, 0.3) is 0 Å². The lowest BCUT2D eigenvalue weighted by molar-refractivity contribution is 0.110. The number of thioether (sulfide) groups is 1. The molecular weight excluding hydrogens is 264 g/mol. The molecule has 1 aromatic rings. The van der Waals surface area contributed by atoms with E-state index >= 15 is 0 Å². The van der Waals surface area contributed by atoms with Gasteiger partial charge in [0, 0.05) is 29.0 Å². The van der Waals surface area contributed by atoms with Gasteiger partial charge < -0.3 is 9.47 Å². The second kappa shape index (κ2) is 7.97. The minimum atomic E-state index is 0.474. The zero-order valence-electron chi connectivity index (χ0n) is 10.9. The fraction of sp³-hybridized carbons (Fsp3) is 0.571. The predicted octanol–water partition coefficient (Wildman–Crippen LogP) is 2.83. The molecule has 1 aromatic carbocycles. The maximum atomic E-state index is 5.62. The van der Waals surface area contributed by atoms with Crippen LogP contribution in [-0.2, 0) is 15.6 Å². The summed E-state index contributed by atoms with van der Waals surface area (Å²) < 4.78 is 10.9. The Bertz CT molecular complexity index is 334. The monoisotopic (exact) mass is 285 g/mol. The van der Waals surface area contributed by atoms with Gasteiger partial charge in [0.25, 0.3) is 0 Å². The van der Waals surface area contributed by atoms with E-state index in [0.29, 0.717) is 24.1 Å². The van der Waals surface area contributed by atoms with E-state index in [2.05, 4.69) is 36.0 Å². The summed E-state index contributed by atoms with van der Waals surface area (Å²) >= 11 is 2.08. The summed E-state index contributed by atoms with van der Waals surface area (Å²) in [5, 5.41) is 0. The highest BCUT2D eigenvalue weighted by molar-refractivity contribution is 8.05. The molecule has 1 fully saturated rings. The minimum Gasteiger partial charge on any atom is -0.491 e. The molecule has 0 N–H and O–H groups in total. The Morgan fingerprint density at radius 3 is 2.50 bits per heavy atom. The van der Waals surface area contributed by atoms with Crippen LogP contribution in [0.4, 0.5) is 0 Å². The lowest BCUT2D eigenvalue weighted by Crippen LogP contribution is -2.21. The summed E-state index contributed by atoms with van der Waals surface area (Å²) in [6.07, 6.45) is 0. The highest BCUT2D eigenvalue weighted by atomic mass is 32.2. The van der Waals surface area contributed by atoms with Gasteiger partial charge in [-0.3, -0.25) is 0 Å². The maximum Gasteiger partial charge on any atom is 0.155 e. The molecule has 2 nitrogen and oxygen atoms in total. The van der Waals surface area contributed by atoms with E-state index in [1.165, 1.54) is 27.9 Å². The molecule has 0 saturated carbocycles. The molecule has 0 radical (unpaired) electrons. The van der Waals surface area contributed by atoms with E-state index in [-0.39, 0.29) is 0 Å². The Morgan fingerprint density at radius 1 is 1.11 bits per heavy atom. The predicted molar refractivity (Wildman–Crippen MR) is 81.1 cm³/mol. The van der Waals surface area contributed by atoms with E-state index < -0.39 is 0 Å². The second-order valence-corrected chi connectivity index (χ2v) is 7.53. The average molecular weight is 285 g/mol. The quantitative estimate of drug-likeness (QED) is 0.591. The van der Waals surface area contributed by atoms with Crippen molar-refractivity contribution in [2.75, 3.05) is 42.8 Å². The van der Waals surface area contributed by atoms with Crippen LogP contribution in [0.3, 0.4) is 0 Å². The summed E-state index contributed by atoms with van der Waals surface area (Å²) in [6, 6.07) is 8.65. The van der Waals surface area contributed by atoms with Gasteiger partial charge in [-0.25, -0.2) is 0 Å². The lowest BCUT2D eigenvalue weighted by atomic mass is 10.3. The molecule has 0 bridgehead atoms. The van der Waals surface area contributed by atoms with Crippen LogP contribution in [0.1, 0.15) is 6.92 Å². The highest BCUT2D eigenvalue weighted by Gasteiger charge is 2.24. The first kappa shape index (κ1) is 14.1. The Balaban J connectivity index is 1.81. The SMILES string of the molecule is CCOCCOc1ccc([S+]2CCSCC2)cc1. The molecule has 0 aromatic heterocycles.